The number of imidazole rings is 1. The Bertz CT molecular complexity index is 499. The molecule has 0 saturated carbocycles. The van der Waals surface area contributed by atoms with Crippen molar-refractivity contribution >= 4 is 11.9 Å². The highest BCUT2D eigenvalue weighted by molar-refractivity contribution is 5.27. The van der Waals surface area contributed by atoms with Gasteiger partial charge in [-0.3, -0.25) is 0 Å². The number of H-pyrrole nitrogens is 1. The highest BCUT2D eigenvalue weighted by Crippen LogP contribution is 2.17. The number of aromatic amines is 1. The monoisotopic (exact) mass is 233 g/mol. The molecule has 0 radical (unpaired) electrons. The lowest BCUT2D eigenvalue weighted by molar-refractivity contribution is 0.685. The van der Waals surface area contributed by atoms with Crippen molar-refractivity contribution in [2.24, 2.45) is 0 Å². The molecule has 2 heterocycles. The summed E-state index contributed by atoms with van der Waals surface area (Å²) in [5, 5.41) is 0. The van der Waals surface area contributed by atoms with Crippen molar-refractivity contribution in [2.45, 2.75) is 26.2 Å². The van der Waals surface area contributed by atoms with Gasteiger partial charge in [-0.25, -0.2) is 4.98 Å². The molecule has 5 N–H and O–H groups in total. The first kappa shape index (κ1) is 11.3. The summed E-state index contributed by atoms with van der Waals surface area (Å²) < 4.78 is 0. The number of hydrogen-bond donors (Lipinski definition) is 3. The number of nitrogens with two attached hydrogens (primary N) is 2. The molecule has 0 amide bonds. The Hall–Kier alpha value is -2.18. The predicted octanol–water partition coefficient (Wildman–Crippen LogP) is 0.414. The number of hydrogen-bond acceptors (Lipinski definition) is 6. The molecule has 17 heavy (non-hydrogen) atoms. The molecule has 2 aromatic heterocycles. The van der Waals surface area contributed by atoms with Crippen molar-refractivity contribution in [2.75, 3.05) is 11.5 Å². The summed E-state index contributed by atoms with van der Waals surface area (Å²) in [6.45, 7) is 3.91. The van der Waals surface area contributed by atoms with Crippen LogP contribution in [0.15, 0.2) is 6.20 Å². The number of anilines is 2. The minimum atomic E-state index is 0.0882. The van der Waals surface area contributed by atoms with Crippen LogP contribution in [0.1, 0.15) is 30.2 Å². The third-order valence-corrected chi connectivity index (χ3v) is 2.40. The Morgan fingerprint density at radius 3 is 2.35 bits per heavy atom. The predicted molar refractivity (Wildman–Crippen MR) is 64.1 cm³/mol. The summed E-state index contributed by atoms with van der Waals surface area (Å²) in [6.07, 6.45) is 2.60. The number of rotatable bonds is 3. The maximum Gasteiger partial charge on any atom is 0.225 e. The van der Waals surface area contributed by atoms with Gasteiger partial charge < -0.3 is 16.5 Å². The van der Waals surface area contributed by atoms with E-state index in [0.717, 1.165) is 17.9 Å². The first-order chi connectivity index (χ1) is 8.04. The highest BCUT2D eigenvalue weighted by Gasteiger charge is 2.13. The Kier molecular flexibility index (Phi) is 2.90. The molecule has 0 aromatic carbocycles. The van der Waals surface area contributed by atoms with Crippen LogP contribution >= 0.6 is 0 Å². The second-order valence-electron chi connectivity index (χ2n) is 3.99. The lowest BCUT2D eigenvalue weighted by Crippen LogP contribution is -2.10. The van der Waals surface area contributed by atoms with Crippen molar-refractivity contribution in [3.8, 4) is 0 Å². The SMILES string of the molecule is Cc1nc(CC(C)c2nc(N)nc(N)n2)c[nH]1. The van der Waals surface area contributed by atoms with E-state index in [4.69, 9.17) is 11.5 Å². The van der Waals surface area contributed by atoms with Crippen LogP contribution in [0.2, 0.25) is 0 Å². The third-order valence-electron chi connectivity index (χ3n) is 2.40. The smallest absolute Gasteiger partial charge is 0.225 e. The van der Waals surface area contributed by atoms with E-state index in [-0.39, 0.29) is 17.8 Å². The van der Waals surface area contributed by atoms with E-state index < -0.39 is 0 Å². The minimum absolute atomic E-state index is 0.0882. The van der Waals surface area contributed by atoms with Crippen molar-refractivity contribution < 1.29 is 0 Å². The molecule has 2 rings (SSSR count). The van der Waals surface area contributed by atoms with E-state index in [9.17, 15) is 0 Å². The second-order valence-corrected chi connectivity index (χ2v) is 3.99. The quantitative estimate of drug-likeness (QED) is 0.706. The zero-order valence-electron chi connectivity index (χ0n) is 9.81. The highest BCUT2D eigenvalue weighted by atomic mass is 15.1. The van der Waals surface area contributed by atoms with Crippen molar-refractivity contribution in [3.05, 3.63) is 23.5 Å². The van der Waals surface area contributed by atoms with E-state index in [2.05, 4.69) is 24.9 Å². The molecule has 0 saturated heterocycles. The van der Waals surface area contributed by atoms with Crippen molar-refractivity contribution in [1.82, 2.24) is 24.9 Å². The zero-order chi connectivity index (χ0) is 12.4. The van der Waals surface area contributed by atoms with Crippen LogP contribution in [0.25, 0.3) is 0 Å². The van der Waals surface area contributed by atoms with Crippen molar-refractivity contribution in [1.29, 1.82) is 0 Å². The molecule has 7 nitrogen and oxygen atoms in total. The molecule has 0 spiro atoms. The summed E-state index contributed by atoms with van der Waals surface area (Å²) in [5.74, 6) is 1.87. The summed E-state index contributed by atoms with van der Waals surface area (Å²) >= 11 is 0. The van der Waals surface area contributed by atoms with Crippen molar-refractivity contribution in [3.63, 3.8) is 0 Å². The molecular formula is C10H15N7. The van der Waals surface area contributed by atoms with Gasteiger partial charge in [-0.2, -0.15) is 15.0 Å². The Morgan fingerprint density at radius 2 is 1.82 bits per heavy atom. The van der Waals surface area contributed by atoms with Crippen LogP contribution in [0.4, 0.5) is 11.9 Å². The standard InChI is InChI=1S/C10H15N7/c1-5(3-7-4-13-6(2)14-7)8-15-9(11)17-10(12)16-8/h4-5H,3H2,1-2H3,(H,13,14)(H4,11,12,15,16,17). The average Bonchev–Trinajstić information content (AvgIpc) is 2.62. The molecule has 0 bridgehead atoms. The molecular weight excluding hydrogens is 218 g/mol. The minimum Gasteiger partial charge on any atom is -0.368 e. The fourth-order valence-corrected chi connectivity index (χ4v) is 1.62. The molecule has 0 aliphatic heterocycles. The van der Waals surface area contributed by atoms with E-state index >= 15 is 0 Å². The van der Waals surface area contributed by atoms with Crippen LogP contribution < -0.4 is 11.5 Å². The molecule has 90 valence electrons. The van der Waals surface area contributed by atoms with E-state index in [0.29, 0.717) is 5.82 Å². The molecule has 0 aliphatic rings. The van der Waals surface area contributed by atoms with Crippen LogP contribution in [0.5, 0.6) is 0 Å². The Labute approximate surface area is 98.7 Å². The third kappa shape index (κ3) is 2.68. The molecule has 1 atom stereocenters. The number of aryl methyl sites for hydroxylation is 1. The fraction of sp³-hybridized carbons (Fsp3) is 0.400. The van der Waals surface area contributed by atoms with Gasteiger partial charge in [0, 0.05) is 18.5 Å². The number of nitrogens with zero attached hydrogens (tertiary/aromatic N) is 4. The summed E-state index contributed by atoms with van der Waals surface area (Å²) in [4.78, 5) is 19.3. The van der Waals surface area contributed by atoms with E-state index in [1.807, 2.05) is 20.0 Å². The van der Waals surface area contributed by atoms with E-state index in [1.54, 1.807) is 0 Å². The second kappa shape index (κ2) is 4.36. The Morgan fingerprint density at radius 1 is 1.18 bits per heavy atom. The van der Waals surface area contributed by atoms with Gasteiger partial charge in [0.1, 0.15) is 11.6 Å². The van der Waals surface area contributed by atoms with Crippen LogP contribution in [-0.4, -0.2) is 24.9 Å². The van der Waals surface area contributed by atoms with Gasteiger partial charge in [-0.15, -0.1) is 0 Å². The first-order valence-electron chi connectivity index (χ1n) is 5.32. The van der Waals surface area contributed by atoms with Gasteiger partial charge in [0.25, 0.3) is 0 Å². The average molecular weight is 233 g/mol. The van der Waals surface area contributed by atoms with Gasteiger partial charge in [-0.05, 0) is 6.92 Å². The maximum absolute atomic E-state index is 5.53. The fourth-order valence-electron chi connectivity index (χ4n) is 1.62. The summed E-state index contributed by atoms with van der Waals surface area (Å²) in [7, 11) is 0. The van der Waals surface area contributed by atoms with Crippen LogP contribution in [0, 0.1) is 6.92 Å². The zero-order valence-corrected chi connectivity index (χ0v) is 9.81. The summed E-state index contributed by atoms with van der Waals surface area (Å²) in [6, 6.07) is 0. The van der Waals surface area contributed by atoms with Gasteiger partial charge in [0.2, 0.25) is 11.9 Å². The first-order valence-corrected chi connectivity index (χ1v) is 5.32. The largest absolute Gasteiger partial charge is 0.368 e. The van der Waals surface area contributed by atoms with Crippen LogP contribution in [0.3, 0.4) is 0 Å². The molecule has 2 aromatic rings. The molecule has 0 fully saturated rings. The number of aromatic nitrogens is 5. The lowest BCUT2D eigenvalue weighted by atomic mass is 10.1. The molecule has 1 unspecified atom stereocenters. The van der Waals surface area contributed by atoms with E-state index in [1.165, 1.54) is 0 Å². The lowest BCUT2D eigenvalue weighted by Gasteiger charge is -2.08. The summed E-state index contributed by atoms with van der Waals surface area (Å²) in [5.41, 5.74) is 12.0. The van der Waals surface area contributed by atoms with Crippen LogP contribution in [-0.2, 0) is 6.42 Å². The van der Waals surface area contributed by atoms with Gasteiger partial charge >= 0.3 is 0 Å². The topological polar surface area (TPSA) is 119 Å². The normalized spacial score (nSPS) is 12.6. The molecule has 7 heteroatoms. The van der Waals surface area contributed by atoms with Gasteiger partial charge in [0.05, 0.1) is 5.69 Å². The Balaban J connectivity index is 2.16. The number of nitrogens with one attached hydrogen (secondary N) is 1. The number of nitrogen functional groups attached to an aromatic ring is 2. The molecule has 0 aliphatic carbocycles. The van der Waals surface area contributed by atoms with Gasteiger partial charge in [0.15, 0.2) is 0 Å². The van der Waals surface area contributed by atoms with Gasteiger partial charge in [-0.1, -0.05) is 6.92 Å². The maximum atomic E-state index is 5.53.